The van der Waals surface area contributed by atoms with Crippen LogP contribution in [0.1, 0.15) is 51.5 Å². The lowest BCUT2D eigenvalue weighted by atomic mass is 9.90. The summed E-state index contributed by atoms with van der Waals surface area (Å²) < 4.78 is 49.1. The van der Waals surface area contributed by atoms with Gasteiger partial charge >= 0.3 is 12.1 Å². The molecule has 2 fully saturated rings. The van der Waals surface area contributed by atoms with Crippen molar-refractivity contribution in [1.82, 2.24) is 14.5 Å². The maximum absolute atomic E-state index is 12.6. The number of benzene rings is 1. The highest BCUT2D eigenvalue weighted by molar-refractivity contribution is 5.77. The van der Waals surface area contributed by atoms with E-state index in [1.165, 1.54) is 18.2 Å². The van der Waals surface area contributed by atoms with Gasteiger partial charge in [-0.05, 0) is 57.6 Å². The van der Waals surface area contributed by atoms with E-state index in [2.05, 4.69) is 14.6 Å². The number of rotatable bonds is 5. The molecule has 1 aliphatic heterocycles. The summed E-state index contributed by atoms with van der Waals surface area (Å²) in [6.45, 7) is 4.55. The van der Waals surface area contributed by atoms with Gasteiger partial charge in [0.1, 0.15) is 5.75 Å². The Morgan fingerprint density at radius 2 is 1.77 bits per heavy atom. The summed E-state index contributed by atoms with van der Waals surface area (Å²) in [4.78, 5) is 17.8. The monoisotopic (exact) mass is 427 g/mol. The van der Waals surface area contributed by atoms with Crippen LogP contribution in [0.5, 0.6) is 5.75 Å². The molecule has 1 aliphatic carbocycles. The second-order valence-corrected chi connectivity index (χ2v) is 8.18. The number of hydrogen-bond acceptors (Lipinski definition) is 4. The molecular weight excluding hydrogens is 399 g/mol. The van der Waals surface area contributed by atoms with Crippen molar-refractivity contribution in [3.8, 4) is 5.75 Å². The molecule has 1 N–H and O–H groups in total. The molecule has 0 atom stereocenters. The zero-order chi connectivity index (χ0) is 21.3. The van der Waals surface area contributed by atoms with E-state index in [1.807, 2.05) is 6.92 Å². The zero-order valence-corrected chi connectivity index (χ0v) is 17.1. The number of alkyl halides is 3. The number of aromatic nitrogens is 2. The standard InChI is InChI=1S/C21H28F3N3O3/c1-2-29-16-5-3-14(4-6-16)26-11-9-15(10-12-26)27-19-13-17(30-21(22,23)24)7-8-18(19)25-20(27)28/h7-8,13-16H,2-6,9-12H2,1H3,(H,25,28). The molecule has 1 aromatic carbocycles. The Labute approximate surface area is 172 Å². The number of likely N-dealkylation sites (tertiary alicyclic amines) is 1. The van der Waals surface area contributed by atoms with Gasteiger partial charge < -0.3 is 19.4 Å². The maximum atomic E-state index is 12.6. The van der Waals surface area contributed by atoms with E-state index in [-0.39, 0.29) is 17.5 Å². The Morgan fingerprint density at radius 3 is 2.40 bits per heavy atom. The van der Waals surface area contributed by atoms with E-state index < -0.39 is 6.36 Å². The third-order valence-corrected chi connectivity index (χ3v) is 6.35. The predicted octanol–water partition coefficient (Wildman–Crippen LogP) is 4.21. The second kappa shape index (κ2) is 8.63. The van der Waals surface area contributed by atoms with Crippen LogP contribution < -0.4 is 10.4 Å². The van der Waals surface area contributed by atoms with Crippen molar-refractivity contribution in [3.63, 3.8) is 0 Å². The first-order chi connectivity index (χ1) is 14.3. The Balaban J connectivity index is 1.44. The quantitative estimate of drug-likeness (QED) is 0.777. The Kier molecular flexibility index (Phi) is 6.11. The average Bonchev–Trinajstić information content (AvgIpc) is 3.03. The molecule has 166 valence electrons. The summed E-state index contributed by atoms with van der Waals surface area (Å²) in [6.07, 6.45) is 1.63. The van der Waals surface area contributed by atoms with Crippen LogP contribution in [0.15, 0.2) is 23.0 Å². The van der Waals surface area contributed by atoms with Crippen molar-refractivity contribution in [2.75, 3.05) is 19.7 Å². The molecule has 2 aliphatic rings. The first-order valence-corrected chi connectivity index (χ1v) is 10.7. The van der Waals surface area contributed by atoms with Crippen LogP contribution in [0.25, 0.3) is 11.0 Å². The fraction of sp³-hybridized carbons (Fsp3) is 0.667. The molecule has 4 rings (SSSR count). The van der Waals surface area contributed by atoms with Gasteiger partial charge in [0, 0.05) is 37.8 Å². The number of piperidine rings is 1. The van der Waals surface area contributed by atoms with Gasteiger partial charge in [0.2, 0.25) is 0 Å². The van der Waals surface area contributed by atoms with Crippen LogP contribution in [0.4, 0.5) is 13.2 Å². The van der Waals surface area contributed by atoms with Gasteiger partial charge in [0.25, 0.3) is 0 Å². The first-order valence-electron chi connectivity index (χ1n) is 10.7. The van der Waals surface area contributed by atoms with Crippen molar-refractivity contribution in [1.29, 1.82) is 0 Å². The minimum absolute atomic E-state index is 0.0385. The summed E-state index contributed by atoms with van der Waals surface area (Å²) >= 11 is 0. The van der Waals surface area contributed by atoms with Gasteiger partial charge in [0.05, 0.1) is 17.1 Å². The normalized spacial score (nSPS) is 24.4. The molecule has 0 radical (unpaired) electrons. The summed E-state index contributed by atoms with van der Waals surface area (Å²) in [5.41, 5.74) is 0.688. The van der Waals surface area contributed by atoms with E-state index in [0.29, 0.717) is 23.2 Å². The summed E-state index contributed by atoms with van der Waals surface area (Å²) in [5.74, 6) is -0.314. The molecule has 2 heterocycles. The Hall–Kier alpha value is -2.00. The van der Waals surface area contributed by atoms with E-state index >= 15 is 0 Å². The van der Waals surface area contributed by atoms with Gasteiger partial charge in [-0.15, -0.1) is 13.2 Å². The van der Waals surface area contributed by atoms with Crippen molar-refractivity contribution >= 4 is 11.0 Å². The molecule has 1 aromatic heterocycles. The summed E-state index contributed by atoms with van der Waals surface area (Å²) in [6, 6.07) is 4.48. The number of imidazole rings is 1. The summed E-state index contributed by atoms with van der Waals surface area (Å²) in [7, 11) is 0. The van der Waals surface area contributed by atoms with Crippen molar-refractivity contribution in [2.24, 2.45) is 0 Å². The molecule has 0 amide bonds. The van der Waals surface area contributed by atoms with Gasteiger partial charge in [-0.25, -0.2) is 4.79 Å². The number of nitrogens with zero attached hydrogens (tertiary/aromatic N) is 2. The topological polar surface area (TPSA) is 59.5 Å². The third-order valence-electron chi connectivity index (χ3n) is 6.35. The fourth-order valence-electron chi connectivity index (χ4n) is 4.98. The molecule has 0 unspecified atom stereocenters. The van der Waals surface area contributed by atoms with Crippen LogP contribution in [-0.2, 0) is 4.74 Å². The Bertz CT molecular complexity index is 908. The van der Waals surface area contributed by atoms with Gasteiger partial charge in [-0.2, -0.15) is 0 Å². The van der Waals surface area contributed by atoms with Crippen LogP contribution in [0, 0.1) is 0 Å². The number of halogens is 3. The molecule has 2 aromatic rings. The number of nitrogens with one attached hydrogen (secondary N) is 1. The lowest BCUT2D eigenvalue weighted by Crippen LogP contribution is -2.45. The summed E-state index contributed by atoms with van der Waals surface area (Å²) in [5, 5.41) is 0. The molecule has 9 heteroatoms. The molecular formula is C21H28F3N3O3. The number of H-pyrrole nitrogens is 1. The molecule has 1 saturated heterocycles. The highest BCUT2D eigenvalue weighted by Gasteiger charge is 2.32. The largest absolute Gasteiger partial charge is 0.573 e. The molecule has 30 heavy (non-hydrogen) atoms. The van der Waals surface area contributed by atoms with Crippen LogP contribution in [0.3, 0.4) is 0 Å². The Morgan fingerprint density at radius 1 is 1.07 bits per heavy atom. The smallest absolute Gasteiger partial charge is 0.406 e. The minimum Gasteiger partial charge on any atom is -0.406 e. The first kappa shape index (κ1) is 21.2. The lowest BCUT2D eigenvalue weighted by Gasteiger charge is -2.40. The average molecular weight is 427 g/mol. The number of fused-ring (bicyclic) bond motifs is 1. The van der Waals surface area contributed by atoms with E-state index in [0.717, 1.165) is 58.2 Å². The van der Waals surface area contributed by atoms with E-state index in [4.69, 9.17) is 4.74 Å². The highest BCUT2D eigenvalue weighted by atomic mass is 19.4. The maximum Gasteiger partial charge on any atom is 0.573 e. The molecule has 6 nitrogen and oxygen atoms in total. The predicted molar refractivity (Wildman–Crippen MR) is 107 cm³/mol. The van der Waals surface area contributed by atoms with Crippen molar-refractivity contribution in [3.05, 3.63) is 28.7 Å². The van der Waals surface area contributed by atoms with E-state index in [1.54, 1.807) is 4.57 Å². The van der Waals surface area contributed by atoms with Gasteiger partial charge in [0.15, 0.2) is 0 Å². The minimum atomic E-state index is -4.76. The van der Waals surface area contributed by atoms with Crippen LogP contribution in [0.2, 0.25) is 0 Å². The highest BCUT2D eigenvalue weighted by Crippen LogP contribution is 2.32. The van der Waals surface area contributed by atoms with Gasteiger partial charge in [-0.3, -0.25) is 4.57 Å². The number of aromatic amines is 1. The van der Waals surface area contributed by atoms with Gasteiger partial charge in [-0.1, -0.05) is 0 Å². The van der Waals surface area contributed by atoms with Crippen LogP contribution in [-0.4, -0.2) is 52.7 Å². The molecule has 0 spiro atoms. The van der Waals surface area contributed by atoms with E-state index in [9.17, 15) is 18.0 Å². The van der Waals surface area contributed by atoms with Crippen LogP contribution >= 0.6 is 0 Å². The molecule has 0 bridgehead atoms. The third kappa shape index (κ3) is 4.67. The second-order valence-electron chi connectivity index (χ2n) is 8.18. The number of ether oxygens (including phenoxy) is 2. The zero-order valence-electron chi connectivity index (χ0n) is 17.1. The van der Waals surface area contributed by atoms with Crippen molar-refractivity contribution < 1.29 is 22.6 Å². The lowest BCUT2D eigenvalue weighted by molar-refractivity contribution is -0.274. The SMILES string of the molecule is CCOC1CCC(N2CCC(n3c(=O)[nH]c4ccc(OC(F)(F)F)cc43)CC2)CC1. The van der Waals surface area contributed by atoms with Crippen molar-refractivity contribution in [2.45, 2.75) is 70.0 Å². The fourth-order valence-corrected chi connectivity index (χ4v) is 4.98. The molecule has 1 saturated carbocycles. The number of hydrogen-bond donors (Lipinski definition) is 1.